The molecule has 1 atom stereocenters. The summed E-state index contributed by atoms with van der Waals surface area (Å²) >= 11 is 5.60. The molecule has 0 saturated heterocycles. The van der Waals surface area contributed by atoms with Crippen LogP contribution in [-0.2, 0) is 33.1 Å². The van der Waals surface area contributed by atoms with Gasteiger partial charge in [-0.15, -0.1) is 0 Å². The van der Waals surface area contributed by atoms with Crippen LogP contribution in [0.5, 0.6) is 0 Å². The standard InChI is InChI=1S/C27H44N2O6S3/c1-3-4-5-6-7-8-9-10-11-12-13-14-15-23(36)18-22-19-24(38(33,34)35)20-25-27(22)29-26(28-25)17-16-21(2)37(30,31)32/h19-21H,3-18H2,1-2H3,(H,28,29)(H,30,31,32)(H,33,34,35). The van der Waals surface area contributed by atoms with E-state index in [1.807, 2.05) is 0 Å². The van der Waals surface area contributed by atoms with Crippen LogP contribution in [-0.4, -0.2) is 46.0 Å². The maximum absolute atomic E-state index is 11.8. The quantitative estimate of drug-likeness (QED) is 0.0852. The van der Waals surface area contributed by atoms with Crippen molar-refractivity contribution in [2.75, 3.05) is 0 Å². The minimum atomic E-state index is -4.43. The monoisotopic (exact) mass is 588 g/mol. The first kappa shape index (κ1) is 32.8. The van der Waals surface area contributed by atoms with E-state index in [1.54, 1.807) is 0 Å². The van der Waals surface area contributed by atoms with Gasteiger partial charge in [0.2, 0.25) is 0 Å². The molecule has 216 valence electrons. The smallest absolute Gasteiger partial charge is 0.294 e. The van der Waals surface area contributed by atoms with Gasteiger partial charge in [-0.25, -0.2) is 4.98 Å². The van der Waals surface area contributed by atoms with E-state index in [4.69, 9.17) is 12.2 Å². The van der Waals surface area contributed by atoms with Gasteiger partial charge in [0.1, 0.15) is 5.82 Å². The molecule has 8 nitrogen and oxygen atoms in total. The zero-order valence-corrected chi connectivity index (χ0v) is 25.2. The molecule has 0 aliphatic carbocycles. The number of aromatic amines is 1. The molecule has 0 bridgehead atoms. The average Bonchev–Trinajstić information content (AvgIpc) is 3.25. The van der Waals surface area contributed by atoms with E-state index in [-0.39, 0.29) is 17.7 Å². The Kier molecular flexibility index (Phi) is 13.8. The fourth-order valence-corrected chi connectivity index (χ4v) is 5.84. The molecule has 0 radical (unpaired) electrons. The summed E-state index contributed by atoms with van der Waals surface area (Å²) in [6.07, 6.45) is 16.7. The SMILES string of the molecule is CCCCCCCCCCCCCCC(=S)Cc1cc(S(=O)(=O)O)cc2[nH]c(CCC(C)S(=O)(=O)O)nc12. The van der Waals surface area contributed by atoms with E-state index in [0.717, 1.165) is 24.1 Å². The van der Waals surface area contributed by atoms with Crippen molar-refractivity contribution in [2.24, 2.45) is 0 Å². The molecule has 0 aliphatic rings. The lowest BCUT2D eigenvalue weighted by molar-refractivity contribution is 0.465. The van der Waals surface area contributed by atoms with Crippen LogP contribution >= 0.6 is 12.2 Å². The van der Waals surface area contributed by atoms with E-state index in [9.17, 15) is 25.9 Å². The van der Waals surface area contributed by atoms with E-state index in [2.05, 4.69) is 16.9 Å². The summed E-state index contributed by atoms with van der Waals surface area (Å²) in [4.78, 5) is 8.12. The van der Waals surface area contributed by atoms with Crippen LogP contribution in [0.1, 0.15) is 115 Å². The Labute approximate surface area is 233 Å². The lowest BCUT2D eigenvalue weighted by Crippen LogP contribution is -2.17. The molecule has 2 aromatic rings. The number of rotatable bonds is 20. The van der Waals surface area contributed by atoms with Crippen LogP contribution in [0.15, 0.2) is 17.0 Å². The summed E-state index contributed by atoms with van der Waals surface area (Å²) in [7, 11) is -8.58. The summed E-state index contributed by atoms with van der Waals surface area (Å²) in [5, 5.41) is -0.952. The molecule has 0 aliphatic heterocycles. The van der Waals surface area contributed by atoms with Crippen LogP contribution in [0, 0.1) is 0 Å². The van der Waals surface area contributed by atoms with Gasteiger partial charge in [-0.3, -0.25) is 9.11 Å². The fraction of sp³-hybridized carbons (Fsp3) is 0.704. The number of aromatic nitrogens is 2. The molecule has 0 saturated carbocycles. The molecule has 11 heteroatoms. The third-order valence-electron chi connectivity index (χ3n) is 6.98. The number of benzene rings is 1. The van der Waals surface area contributed by atoms with Crippen molar-refractivity contribution >= 4 is 48.4 Å². The Morgan fingerprint density at radius 1 is 0.921 bits per heavy atom. The fourth-order valence-electron chi connectivity index (χ4n) is 4.57. The van der Waals surface area contributed by atoms with Crippen molar-refractivity contribution in [1.82, 2.24) is 9.97 Å². The number of thiocarbonyl (C=S) groups is 1. The molecule has 0 amide bonds. The lowest BCUT2D eigenvalue weighted by atomic mass is 10.0. The van der Waals surface area contributed by atoms with Gasteiger partial charge in [0.25, 0.3) is 20.2 Å². The van der Waals surface area contributed by atoms with Gasteiger partial charge in [-0.2, -0.15) is 16.8 Å². The summed E-state index contributed by atoms with van der Waals surface area (Å²) < 4.78 is 65.1. The highest BCUT2D eigenvalue weighted by Crippen LogP contribution is 2.25. The van der Waals surface area contributed by atoms with E-state index >= 15 is 0 Å². The third-order valence-corrected chi connectivity index (χ3v) is 9.41. The normalized spacial score (nSPS) is 13.3. The van der Waals surface area contributed by atoms with E-state index < -0.39 is 25.5 Å². The number of hydrogen-bond acceptors (Lipinski definition) is 6. The highest BCUT2D eigenvalue weighted by Gasteiger charge is 2.20. The molecule has 0 fully saturated rings. The molecular weight excluding hydrogens is 545 g/mol. The number of unbranched alkanes of at least 4 members (excludes halogenated alkanes) is 11. The summed E-state index contributed by atoms with van der Waals surface area (Å²) in [5.74, 6) is 0.469. The highest BCUT2D eigenvalue weighted by molar-refractivity contribution is 7.86. The zero-order valence-electron chi connectivity index (χ0n) is 22.7. The van der Waals surface area contributed by atoms with Crippen LogP contribution in [0.4, 0.5) is 0 Å². The zero-order chi connectivity index (χ0) is 28.2. The Morgan fingerprint density at radius 3 is 2.00 bits per heavy atom. The molecular formula is C27H44N2O6S3. The average molecular weight is 589 g/mol. The first-order valence-corrected chi connectivity index (χ1v) is 17.2. The minimum absolute atomic E-state index is 0.149. The second-order valence-corrected chi connectivity index (χ2v) is 14.2. The first-order chi connectivity index (χ1) is 17.9. The van der Waals surface area contributed by atoms with Crippen molar-refractivity contribution in [1.29, 1.82) is 0 Å². The molecule has 0 spiro atoms. The van der Waals surface area contributed by atoms with Gasteiger partial charge in [0, 0.05) is 12.8 Å². The van der Waals surface area contributed by atoms with Crippen LogP contribution in [0.25, 0.3) is 11.0 Å². The summed E-state index contributed by atoms with van der Waals surface area (Å²) in [6.45, 7) is 3.65. The maximum Gasteiger partial charge on any atom is 0.294 e. The number of H-pyrrole nitrogens is 1. The van der Waals surface area contributed by atoms with Gasteiger partial charge in [0.15, 0.2) is 0 Å². The Balaban J connectivity index is 1.88. The number of aryl methyl sites for hydroxylation is 1. The van der Waals surface area contributed by atoms with Gasteiger partial charge in [-0.05, 0) is 48.7 Å². The van der Waals surface area contributed by atoms with Crippen molar-refractivity contribution in [3.05, 3.63) is 23.5 Å². The summed E-state index contributed by atoms with van der Waals surface area (Å²) in [6, 6.07) is 2.71. The third kappa shape index (κ3) is 11.8. The van der Waals surface area contributed by atoms with E-state index in [1.165, 1.54) is 83.3 Å². The molecule has 1 aromatic carbocycles. The van der Waals surface area contributed by atoms with Crippen LogP contribution < -0.4 is 0 Å². The highest BCUT2D eigenvalue weighted by atomic mass is 32.2. The topological polar surface area (TPSA) is 137 Å². The van der Waals surface area contributed by atoms with Crippen LogP contribution in [0.3, 0.4) is 0 Å². The molecule has 3 N–H and O–H groups in total. The molecule has 1 aromatic heterocycles. The van der Waals surface area contributed by atoms with E-state index in [0.29, 0.717) is 28.8 Å². The lowest BCUT2D eigenvalue weighted by Gasteiger charge is -2.07. The van der Waals surface area contributed by atoms with Gasteiger partial charge in [0.05, 0.1) is 21.2 Å². The molecule has 38 heavy (non-hydrogen) atoms. The van der Waals surface area contributed by atoms with Gasteiger partial charge >= 0.3 is 0 Å². The maximum atomic E-state index is 11.8. The summed E-state index contributed by atoms with van der Waals surface area (Å²) in [5.41, 5.74) is 1.58. The Morgan fingerprint density at radius 2 is 1.47 bits per heavy atom. The Hall–Kier alpha value is -1.40. The second kappa shape index (κ2) is 16.0. The predicted molar refractivity (Wildman–Crippen MR) is 157 cm³/mol. The molecule has 1 heterocycles. The first-order valence-electron chi connectivity index (χ1n) is 13.9. The number of nitrogens with zero attached hydrogens (tertiary/aromatic N) is 1. The van der Waals surface area contributed by atoms with Gasteiger partial charge < -0.3 is 4.98 Å². The van der Waals surface area contributed by atoms with Crippen molar-refractivity contribution in [3.8, 4) is 0 Å². The van der Waals surface area contributed by atoms with Crippen molar-refractivity contribution < 1.29 is 25.9 Å². The van der Waals surface area contributed by atoms with Crippen LogP contribution in [0.2, 0.25) is 0 Å². The predicted octanol–water partition coefficient (Wildman–Crippen LogP) is 7.02. The molecule has 1 unspecified atom stereocenters. The molecule has 2 rings (SSSR count). The number of imidazole rings is 1. The minimum Gasteiger partial charge on any atom is -0.342 e. The van der Waals surface area contributed by atoms with Crippen molar-refractivity contribution in [3.63, 3.8) is 0 Å². The number of hydrogen-bond donors (Lipinski definition) is 3. The van der Waals surface area contributed by atoms with Gasteiger partial charge in [-0.1, -0.05) is 89.8 Å². The largest absolute Gasteiger partial charge is 0.342 e. The number of nitrogens with one attached hydrogen (secondary N) is 1. The second-order valence-electron chi connectivity index (χ2n) is 10.4. The van der Waals surface area contributed by atoms with Crippen molar-refractivity contribution in [2.45, 2.75) is 127 Å². The Bertz CT molecular complexity index is 1240. The number of fused-ring (bicyclic) bond motifs is 1.